The van der Waals surface area contributed by atoms with E-state index in [2.05, 4.69) is 0 Å². The van der Waals surface area contributed by atoms with Crippen LogP contribution in [0.1, 0.15) is 19.8 Å². The highest BCUT2D eigenvalue weighted by molar-refractivity contribution is 5.76. The Labute approximate surface area is 110 Å². The van der Waals surface area contributed by atoms with Crippen molar-refractivity contribution in [1.29, 1.82) is 0 Å². The lowest BCUT2D eigenvalue weighted by Gasteiger charge is -2.43. The second kappa shape index (κ2) is 6.60. The number of carboxylic acid groups (broad SMARTS) is 1. The van der Waals surface area contributed by atoms with Crippen molar-refractivity contribution >= 4 is 5.97 Å². The Morgan fingerprint density at radius 3 is 2.63 bits per heavy atom. The molecular weight excluding hydrogens is 260 g/mol. The Bertz CT molecular complexity index is 309. The van der Waals surface area contributed by atoms with Crippen LogP contribution >= 0.6 is 0 Å². The predicted molar refractivity (Wildman–Crippen MR) is 61.2 cm³/mol. The van der Waals surface area contributed by atoms with E-state index in [1.165, 1.54) is 0 Å². The Morgan fingerprint density at radius 2 is 2.16 bits per heavy atom. The van der Waals surface area contributed by atoms with Gasteiger partial charge in [0.2, 0.25) is 0 Å². The van der Waals surface area contributed by atoms with Gasteiger partial charge in [0, 0.05) is 6.42 Å². The van der Waals surface area contributed by atoms with Crippen LogP contribution in [0.25, 0.3) is 0 Å². The summed E-state index contributed by atoms with van der Waals surface area (Å²) in [5.74, 6) is -3.59. The highest BCUT2D eigenvalue weighted by atomic mass is 16.7. The molecule has 0 amide bonds. The maximum Gasteiger partial charge on any atom is 0.364 e. The minimum Gasteiger partial charge on any atom is -0.477 e. The predicted octanol–water partition coefficient (Wildman–Crippen LogP) is -1.94. The highest BCUT2D eigenvalue weighted by Crippen LogP contribution is 2.32. The Morgan fingerprint density at radius 1 is 1.53 bits per heavy atom. The van der Waals surface area contributed by atoms with Crippen LogP contribution < -0.4 is 0 Å². The van der Waals surface area contributed by atoms with Crippen molar-refractivity contribution in [2.45, 2.75) is 50.0 Å². The summed E-state index contributed by atoms with van der Waals surface area (Å²) in [4.78, 5) is 11.3. The molecule has 0 unspecified atom stereocenters. The molecule has 5 atom stereocenters. The Hall–Kier alpha value is -0.770. The molecule has 19 heavy (non-hydrogen) atoms. The van der Waals surface area contributed by atoms with Crippen molar-refractivity contribution in [3.63, 3.8) is 0 Å². The molecule has 1 heterocycles. The van der Waals surface area contributed by atoms with Crippen LogP contribution in [-0.4, -0.2) is 74.9 Å². The van der Waals surface area contributed by atoms with E-state index in [1.54, 1.807) is 6.92 Å². The monoisotopic (exact) mass is 280 g/mol. The van der Waals surface area contributed by atoms with Crippen molar-refractivity contribution in [1.82, 2.24) is 0 Å². The first-order chi connectivity index (χ1) is 8.88. The summed E-state index contributed by atoms with van der Waals surface area (Å²) >= 11 is 0. The molecule has 0 aliphatic carbocycles. The van der Waals surface area contributed by atoms with Gasteiger partial charge in [0.25, 0.3) is 5.79 Å². The molecule has 0 aromatic rings. The fourth-order valence-electron chi connectivity index (χ4n) is 1.92. The quantitative estimate of drug-likeness (QED) is 0.379. The number of hydrogen-bond donors (Lipinski definition) is 5. The Balaban J connectivity index is 2.96. The molecule has 1 saturated heterocycles. The number of hydrogen-bond acceptors (Lipinski definition) is 7. The van der Waals surface area contributed by atoms with Crippen molar-refractivity contribution in [3.05, 3.63) is 0 Å². The van der Waals surface area contributed by atoms with Crippen LogP contribution in [0.3, 0.4) is 0 Å². The standard InChI is InChI=1S/C11H20O8/c1-2-3-18-11(10(16)17)4-6(13)8(15)9(19-11)7(14)5-12/h6-9,12-15H,2-5H2,1H3,(H,16,17)/t6-,7-,8-,9-,11-/m1/s1. The fraction of sp³-hybridized carbons (Fsp3) is 0.909. The summed E-state index contributed by atoms with van der Waals surface area (Å²) in [6.45, 7) is 1.11. The van der Waals surface area contributed by atoms with E-state index < -0.39 is 49.2 Å². The van der Waals surface area contributed by atoms with Gasteiger partial charge in [0.05, 0.1) is 19.3 Å². The largest absolute Gasteiger partial charge is 0.477 e. The SMILES string of the molecule is CCCO[C@]1(C(=O)O)C[C@@H](O)[C@@H](O)[C@@H]([C@H](O)CO)O1. The lowest BCUT2D eigenvalue weighted by Crippen LogP contribution is -2.62. The smallest absolute Gasteiger partial charge is 0.364 e. The zero-order chi connectivity index (χ0) is 14.6. The topological polar surface area (TPSA) is 137 Å². The third-order valence-electron chi connectivity index (χ3n) is 2.97. The first kappa shape index (κ1) is 16.3. The molecule has 8 heteroatoms. The van der Waals surface area contributed by atoms with Gasteiger partial charge in [-0.25, -0.2) is 4.79 Å². The first-order valence-corrected chi connectivity index (χ1v) is 6.08. The van der Waals surface area contributed by atoms with Crippen LogP contribution in [0.5, 0.6) is 0 Å². The van der Waals surface area contributed by atoms with Gasteiger partial charge in [-0.15, -0.1) is 0 Å². The molecule has 1 fully saturated rings. The zero-order valence-electron chi connectivity index (χ0n) is 10.6. The average molecular weight is 280 g/mol. The molecule has 0 saturated carbocycles. The second-order valence-corrected chi connectivity index (χ2v) is 4.50. The summed E-state index contributed by atoms with van der Waals surface area (Å²) in [6, 6.07) is 0. The zero-order valence-corrected chi connectivity index (χ0v) is 10.6. The van der Waals surface area contributed by atoms with Gasteiger partial charge in [-0.2, -0.15) is 0 Å². The van der Waals surface area contributed by atoms with Gasteiger partial charge in [-0.3, -0.25) is 0 Å². The van der Waals surface area contributed by atoms with E-state index in [1.807, 2.05) is 0 Å². The third-order valence-corrected chi connectivity index (χ3v) is 2.97. The molecular formula is C11H20O8. The van der Waals surface area contributed by atoms with Gasteiger partial charge in [0.15, 0.2) is 0 Å². The molecule has 0 spiro atoms. The molecule has 8 nitrogen and oxygen atoms in total. The molecule has 0 aromatic heterocycles. The number of aliphatic hydroxyl groups excluding tert-OH is 4. The van der Waals surface area contributed by atoms with Crippen molar-refractivity contribution in [2.75, 3.05) is 13.2 Å². The summed E-state index contributed by atoms with van der Waals surface area (Å²) in [6.07, 6.45) is -5.83. The molecule has 1 rings (SSSR count). The van der Waals surface area contributed by atoms with Gasteiger partial charge in [-0.1, -0.05) is 6.92 Å². The number of aliphatic hydroxyl groups is 4. The van der Waals surface area contributed by atoms with E-state index in [-0.39, 0.29) is 6.61 Å². The fourth-order valence-corrected chi connectivity index (χ4v) is 1.92. The first-order valence-electron chi connectivity index (χ1n) is 6.08. The van der Waals surface area contributed by atoms with Crippen LogP contribution in [-0.2, 0) is 14.3 Å². The van der Waals surface area contributed by atoms with E-state index in [0.717, 1.165) is 0 Å². The van der Waals surface area contributed by atoms with Crippen LogP contribution in [0.15, 0.2) is 0 Å². The second-order valence-electron chi connectivity index (χ2n) is 4.50. The third kappa shape index (κ3) is 3.41. The van der Waals surface area contributed by atoms with Crippen LogP contribution in [0, 0.1) is 0 Å². The van der Waals surface area contributed by atoms with Crippen molar-refractivity contribution in [2.24, 2.45) is 0 Å². The van der Waals surface area contributed by atoms with E-state index >= 15 is 0 Å². The summed E-state index contributed by atoms with van der Waals surface area (Å²) in [7, 11) is 0. The number of rotatable bonds is 6. The van der Waals surface area contributed by atoms with E-state index in [9.17, 15) is 25.2 Å². The molecule has 0 radical (unpaired) electrons. The van der Waals surface area contributed by atoms with Gasteiger partial charge < -0.3 is 35.0 Å². The van der Waals surface area contributed by atoms with E-state index in [4.69, 9.17) is 14.6 Å². The van der Waals surface area contributed by atoms with Crippen molar-refractivity contribution < 1.29 is 39.8 Å². The number of ether oxygens (including phenoxy) is 2. The summed E-state index contributed by atoms with van der Waals surface area (Å²) < 4.78 is 10.3. The summed E-state index contributed by atoms with van der Waals surface area (Å²) in [5.41, 5.74) is 0. The Kier molecular flexibility index (Phi) is 5.65. The molecule has 0 bridgehead atoms. The molecule has 1 aliphatic heterocycles. The van der Waals surface area contributed by atoms with Gasteiger partial charge in [-0.05, 0) is 6.42 Å². The minimum absolute atomic E-state index is 0.0804. The van der Waals surface area contributed by atoms with E-state index in [0.29, 0.717) is 6.42 Å². The normalized spacial score (nSPS) is 37.0. The van der Waals surface area contributed by atoms with Crippen LogP contribution in [0.2, 0.25) is 0 Å². The maximum absolute atomic E-state index is 11.3. The maximum atomic E-state index is 11.3. The number of carbonyl (C=O) groups is 1. The number of aliphatic carboxylic acids is 1. The lowest BCUT2D eigenvalue weighted by molar-refractivity contribution is -0.323. The molecule has 5 N–H and O–H groups in total. The average Bonchev–Trinajstić information content (AvgIpc) is 2.38. The summed E-state index contributed by atoms with van der Waals surface area (Å²) in [5, 5.41) is 47.0. The molecule has 1 aliphatic rings. The highest BCUT2D eigenvalue weighted by Gasteiger charge is 2.54. The van der Waals surface area contributed by atoms with Crippen LogP contribution in [0.4, 0.5) is 0 Å². The van der Waals surface area contributed by atoms with Gasteiger partial charge >= 0.3 is 5.97 Å². The molecule has 112 valence electrons. The minimum atomic E-state index is -2.13. The van der Waals surface area contributed by atoms with Crippen molar-refractivity contribution in [3.8, 4) is 0 Å². The lowest BCUT2D eigenvalue weighted by atomic mass is 9.92. The molecule has 0 aromatic carbocycles. The number of carboxylic acids is 1. The van der Waals surface area contributed by atoms with Gasteiger partial charge in [0.1, 0.15) is 18.3 Å².